The minimum Gasteiger partial charge on any atom is -0.507 e. The van der Waals surface area contributed by atoms with Gasteiger partial charge in [0.15, 0.2) is 0 Å². The van der Waals surface area contributed by atoms with E-state index in [-0.39, 0.29) is 23.5 Å². The van der Waals surface area contributed by atoms with Gasteiger partial charge in [0, 0.05) is 16.3 Å². The second-order valence-electron chi connectivity index (χ2n) is 8.28. The van der Waals surface area contributed by atoms with Crippen LogP contribution in [0.15, 0.2) is 78.4 Å². The maximum Gasteiger partial charge on any atom is 0.338 e. The Bertz CT molecular complexity index is 1350. The van der Waals surface area contributed by atoms with Crippen molar-refractivity contribution in [2.45, 2.75) is 26.3 Å². The van der Waals surface area contributed by atoms with Crippen molar-refractivity contribution in [2.75, 3.05) is 11.5 Å². The average molecular weight is 490 g/mol. The lowest BCUT2D eigenvalue weighted by atomic mass is 9.94. The van der Waals surface area contributed by atoms with Crippen LogP contribution in [0.5, 0.6) is 0 Å². The molecule has 0 aromatic heterocycles. The molecule has 0 saturated carbocycles. The lowest BCUT2D eigenvalue weighted by Crippen LogP contribution is -2.29. The van der Waals surface area contributed by atoms with E-state index in [2.05, 4.69) is 0 Å². The molecule has 1 heterocycles. The molecule has 3 aromatic carbocycles. The number of rotatable bonds is 6. The molecule has 1 atom stereocenters. The summed E-state index contributed by atoms with van der Waals surface area (Å²) in [7, 11) is 0. The molecular weight excluding hydrogens is 466 g/mol. The molecule has 1 aliphatic rings. The van der Waals surface area contributed by atoms with E-state index in [1.807, 2.05) is 32.0 Å². The van der Waals surface area contributed by atoms with Crippen molar-refractivity contribution in [3.05, 3.63) is 106 Å². The van der Waals surface area contributed by atoms with Crippen molar-refractivity contribution in [1.29, 1.82) is 0 Å². The number of esters is 1. The largest absolute Gasteiger partial charge is 0.507 e. The molecule has 3 aromatic rings. The summed E-state index contributed by atoms with van der Waals surface area (Å²) in [5, 5.41) is 11.6. The number of hydrogen-bond acceptors (Lipinski definition) is 5. The number of amides is 1. The zero-order chi connectivity index (χ0) is 25.1. The first-order valence-electron chi connectivity index (χ1n) is 11.2. The van der Waals surface area contributed by atoms with Crippen LogP contribution < -0.4 is 4.90 Å². The zero-order valence-corrected chi connectivity index (χ0v) is 20.1. The number of benzene rings is 3. The highest BCUT2D eigenvalue weighted by molar-refractivity contribution is 6.51. The number of aliphatic hydroxyl groups is 1. The third-order valence-electron chi connectivity index (χ3n) is 5.70. The topological polar surface area (TPSA) is 83.9 Å². The number of aryl methyl sites for hydroxylation is 1. The monoisotopic (exact) mass is 489 g/mol. The Morgan fingerprint density at radius 3 is 2.43 bits per heavy atom. The Kier molecular flexibility index (Phi) is 7.03. The fraction of sp³-hybridized carbons (Fsp3) is 0.179. The summed E-state index contributed by atoms with van der Waals surface area (Å²) in [5.41, 5.74) is 2.44. The van der Waals surface area contributed by atoms with Crippen molar-refractivity contribution < 1.29 is 24.2 Å². The van der Waals surface area contributed by atoms with Gasteiger partial charge in [-0.15, -0.1) is 0 Å². The number of halogens is 1. The van der Waals surface area contributed by atoms with E-state index in [4.69, 9.17) is 16.3 Å². The van der Waals surface area contributed by atoms with Crippen LogP contribution in [-0.2, 0) is 14.3 Å². The molecule has 7 heteroatoms. The van der Waals surface area contributed by atoms with Crippen LogP contribution in [-0.4, -0.2) is 29.4 Å². The average Bonchev–Trinajstić information content (AvgIpc) is 3.12. The van der Waals surface area contributed by atoms with Gasteiger partial charge in [0.25, 0.3) is 11.7 Å². The highest BCUT2D eigenvalue weighted by Gasteiger charge is 2.47. The maximum atomic E-state index is 13.3. The fourth-order valence-corrected chi connectivity index (χ4v) is 4.30. The van der Waals surface area contributed by atoms with Crippen molar-refractivity contribution >= 4 is 40.7 Å². The number of Topliss-reactive ketones (excluding diaryl/α,β-unsaturated/α-hetero) is 1. The summed E-state index contributed by atoms with van der Waals surface area (Å²) in [6, 6.07) is 19.3. The maximum absolute atomic E-state index is 13.3. The van der Waals surface area contributed by atoms with Gasteiger partial charge in [0.2, 0.25) is 0 Å². The smallest absolute Gasteiger partial charge is 0.338 e. The van der Waals surface area contributed by atoms with Gasteiger partial charge in [-0.05, 0) is 49.2 Å². The van der Waals surface area contributed by atoms with E-state index in [9.17, 15) is 19.5 Å². The lowest BCUT2D eigenvalue weighted by molar-refractivity contribution is -0.132. The van der Waals surface area contributed by atoms with Crippen molar-refractivity contribution in [2.24, 2.45) is 0 Å². The Labute approximate surface area is 208 Å². The molecule has 0 bridgehead atoms. The van der Waals surface area contributed by atoms with Gasteiger partial charge in [0.05, 0.1) is 23.8 Å². The summed E-state index contributed by atoms with van der Waals surface area (Å²) >= 11 is 6.10. The lowest BCUT2D eigenvalue weighted by Gasteiger charge is -2.26. The molecule has 0 spiro atoms. The molecule has 0 aliphatic carbocycles. The van der Waals surface area contributed by atoms with E-state index in [1.165, 1.54) is 17.0 Å². The molecular formula is C28H24ClNO5. The molecule has 1 unspecified atom stereocenters. The minimum absolute atomic E-state index is 0.0539. The standard InChI is InChI=1S/C28H24ClNO5/c1-3-13-35-28(34)20-10-6-12-22(16-20)30-24(18-8-4-7-17(2)14-18)23(26(32)27(30)33)25(31)19-9-5-11-21(29)15-19/h4-12,14-16,24,31H,3,13H2,1-2H3/b25-23+. The van der Waals surface area contributed by atoms with Gasteiger partial charge in [-0.3, -0.25) is 14.5 Å². The summed E-state index contributed by atoms with van der Waals surface area (Å²) in [6.07, 6.45) is 0.677. The number of ether oxygens (including phenoxy) is 1. The Hall–Kier alpha value is -3.90. The van der Waals surface area contributed by atoms with Crippen LogP contribution in [0.4, 0.5) is 5.69 Å². The van der Waals surface area contributed by atoms with Crippen molar-refractivity contribution in [3.63, 3.8) is 0 Å². The molecule has 4 rings (SSSR count). The number of carbonyl (C=O) groups excluding carboxylic acids is 3. The van der Waals surface area contributed by atoms with Crippen LogP contribution in [0.25, 0.3) is 5.76 Å². The normalized spacial score (nSPS) is 17.0. The number of nitrogens with zero attached hydrogens (tertiary/aromatic N) is 1. The second-order valence-corrected chi connectivity index (χ2v) is 8.72. The third kappa shape index (κ3) is 4.84. The SMILES string of the molecule is CCCOC(=O)c1cccc(N2C(=O)C(=O)/C(=C(/O)c3cccc(Cl)c3)C2c2cccc(C)c2)c1. The van der Waals surface area contributed by atoms with Crippen LogP contribution in [0.3, 0.4) is 0 Å². The number of anilines is 1. The molecule has 6 nitrogen and oxygen atoms in total. The Morgan fingerprint density at radius 1 is 1.00 bits per heavy atom. The Morgan fingerprint density at radius 2 is 1.71 bits per heavy atom. The molecule has 1 saturated heterocycles. The molecule has 35 heavy (non-hydrogen) atoms. The fourth-order valence-electron chi connectivity index (χ4n) is 4.11. The van der Waals surface area contributed by atoms with E-state index < -0.39 is 23.7 Å². The molecule has 1 aliphatic heterocycles. The van der Waals surface area contributed by atoms with E-state index in [1.54, 1.807) is 42.5 Å². The van der Waals surface area contributed by atoms with E-state index >= 15 is 0 Å². The molecule has 0 radical (unpaired) electrons. The second kappa shape index (κ2) is 10.2. The van der Waals surface area contributed by atoms with Gasteiger partial charge in [-0.1, -0.05) is 66.6 Å². The number of ketones is 1. The zero-order valence-electron chi connectivity index (χ0n) is 19.3. The summed E-state index contributed by atoms with van der Waals surface area (Å²) in [6.45, 7) is 4.07. The summed E-state index contributed by atoms with van der Waals surface area (Å²) < 4.78 is 5.23. The first kappa shape index (κ1) is 24.2. The summed E-state index contributed by atoms with van der Waals surface area (Å²) in [5.74, 6) is -2.47. The highest BCUT2D eigenvalue weighted by Crippen LogP contribution is 2.42. The molecule has 1 amide bonds. The van der Waals surface area contributed by atoms with Crippen LogP contribution in [0, 0.1) is 6.92 Å². The van der Waals surface area contributed by atoms with E-state index in [0.29, 0.717) is 28.3 Å². The highest BCUT2D eigenvalue weighted by atomic mass is 35.5. The van der Waals surface area contributed by atoms with Gasteiger partial charge >= 0.3 is 5.97 Å². The predicted octanol–water partition coefficient (Wildman–Crippen LogP) is 5.84. The number of carbonyl (C=O) groups is 3. The van der Waals surface area contributed by atoms with Crippen LogP contribution in [0.1, 0.15) is 46.4 Å². The van der Waals surface area contributed by atoms with Gasteiger partial charge in [0.1, 0.15) is 5.76 Å². The van der Waals surface area contributed by atoms with Crippen LogP contribution in [0.2, 0.25) is 5.02 Å². The molecule has 1 fully saturated rings. The van der Waals surface area contributed by atoms with Gasteiger partial charge in [-0.25, -0.2) is 4.79 Å². The predicted molar refractivity (Wildman–Crippen MR) is 134 cm³/mol. The molecule has 178 valence electrons. The third-order valence-corrected chi connectivity index (χ3v) is 5.93. The first-order valence-corrected chi connectivity index (χ1v) is 11.6. The minimum atomic E-state index is -0.907. The van der Waals surface area contributed by atoms with E-state index in [0.717, 1.165) is 5.56 Å². The molecule has 1 N–H and O–H groups in total. The van der Waals surface area contributed by atoms with Crippen LogP contribution >= 0.6 is 11.6 Å². The van der Waals surface area contributed by atoms with Crippen molar-refractivity contribution in [1.82, 2.24) is 0 Å². The first-order chi connectivity index (χ1) is 16.8. The van der Waals surface area contributed by atoms with Gasteiger partial charge < -0.3 is 9.84 Å². The quantitative estimate of drug-likeness (QED) is 0.203. The summed E-state index contributed by atoms with van der Waals surface area (Å²) in [4.78, 5) is 40.4. The number of hydrogen-bond donors (Lipinski definition) is 1. The number of aliphatic hydroxyl groups excluding tert-OH is 1. The Balaban J connectivity index is 1.89. The van der Waals surface area contributed by atoms with Crippen molar-refractivity contribution in [3.8, 4) is 0 Å². The van der Waals surface area contributed by atoms with Gasteiger partial charge in [-0.2, -0.15) is 0 Å².